The number of hydrogen-bond acceptors (Lipinski definition) is 1. The quantitative estimate of drug-likeness (QED) is 0.585. The van der Waals surface area contributed by atoms with Gasteiger partial charge in [0.2, 0.25) is 0 Å². The molecule has 64 valence electrons. The van der Waals surface area contributed by atoms with Gasteiger partial charge in [-0.3, -0.25) is 4.79 Å². The van der Waals surface area contributed by atoms with E-state index in [2.05, 4.69) is 6.58 Å². The number of allylic oxidation sites excluding steroid dienone is 3. The molecule has 13 heavy (non-hydrogen) atoms. The highest BCUT2D eigenvalue weighted by Gasteiger charge is 2.15. The van der Waals surface area contributed by atoms with E-state index in [9.17, 15) is 4.79 Å². The molecule has 1 aliphatic rings. The van der Waals surface area contributed by atoms with Crippen LogP contribution in [0.15, 0.2) is 36.9 Å². The first-order valence-electron chi connectivity index (χ1n) is 4.21. The van der Waals surface area contributed by atoms with Crippen LogP contribution in [0.2, 0.25) is 0 Å². The SMILES string of the molecule is C=C1C=CC(=O)c2cccc(C)c21. The summed E-state index contributed by atoms with van der Waals surface area (Å²) in [5.74, 6) is 0.0751. The Kier molecular flexibility index (Phi) is 1.66. The second-order valence-corrected chi connectivity index (χ2v) is 3.22. The average Bonchev–Trinajstić information content (AvgIpc) is 2.12. The minimum absolute atomic E-state index is 0.0751. The van der Waals surface area contributed by atoms with Crippen LogP contribution in [0.25, 0.3) is 5.57 Å². The first-order valence-corrected chi connectivity index (χ1v) is 4.21. The third kappa shape index (κ3) is 1.13. The molecule has 1 aliphatic carbocycles. The predicted octanol–water partition coefficient (Wildman–Crippen LogP) is 2.76. The Hall–Kier alpha value is -1.63. The monoisotopic (exact) mass is 170 g/mol. The lowest BCUT2D eigenvalue weighted by Gasteiger charge is -2.14. The minimum atomic E-state index is 0.0751. The summed E-state index contributed by atoms with van der Waals surface area (Å²) in [4.78, 5) is 11.5. The van der Waals surface area contributed by atoms with Crippen molar-refractivity contribution in [2.75, 3.05) is 0 Å². The zero-order valence-corrected chi connectivity index (χ0v) is 7.50. The maximum atomic E-state index is 11.5. The number of ketones is 1. The Bertz CT molecular complexity index is 425. The van der Waals surface area contributed by atoms with E-state index in [0.29, 0.717) is 0 Å². The Morgan fingerprint density at radius 3 is 2.69 bits per heavy atom. The summed E-state index contributed by atoms with van der Waals surface area (Å²) in [6, 6.07) is 5.74. The summed E-state index contributed by atoms with van der Waals surface area (Å²) in [5, 5.41) is 0. The van der Waals surface area contributed by atoms with Crippen LogP contribution in [0.4, 0.5) is 0 Å². The molecule has 0 unspecified atom stereocenters. The fourth-order valence-electron chi connectivity index (χ4n) is 1.65. The Morgan fingerprint density at radius 2 is 2.00 bits per heavy atom. The van der Waals surface area contributed by atoms with Crippen molar-refractivity contribution in [3.05, 3.63) is 53.6 Å². The van der Waals surface area contributed by atoms with Crippen LogP contribution >= 0.6 is 0 Å². The standard InChI is InChI=1S/C12H10O/c1-8-4-3-5-10-11(13)7-6-9(2)12(8)10/h3-7H,2H2,1H3. The van der Waals surface area contributed by atoms with E-state index in [1.54, 1.807) is 12.2 Å². The number of fused-ring (bicyclic) bond motifs is 1. The number of rotatable bonds is 0. The normalized spacial score (nSPS) is 14.5. The van der Waals surface area contributed by atoms with Crippen molar-refractivity contribution < 1.29 is 4.79 Å². The fraction of sp³-hybridized carbons (Fsp3) is 0.0833. The van der Waals surface area contributed by atoms with E-state index in [-0.39, 0.29) is 5.78 Å². The fourth-order valence-corrected chi connectivity index (χ4v) is 1.65. The molecule has 0 bridgehead atoms. The van der Waals surface area contributed by atoms with Gasteiger partial charge in [-0.1, -0.05) is 30.9 Å². The van der Waals surface area contributed by atoms with Gasteiger partial charge in [0.15, 0.2) is 5.78 Å². The van der Waals surface area contributed by atoms with Crippen molar-refractivity contribution in [1.29, 1.82) is 0 Å². The first kappa shape index (κ1) is 7.99. The number of carbonyl (C=O) groups excluding carboxylic acids is 1. The van der Waals surface area contributed by atoms with Crippen molar-refractivity contribution in [1.82, 2.24) is 0 Å². The molecule has 0 atom stereocenters. The van der Waals surface area contributed by atoms with Gasteiger partial charge < -0.3 is 0 Å². The summed E-state index contributed by atoms with van der Waals surface area (Å²) in [6.07, 6.45) is 3.35. The molecule has 1 aromatic carbocycles. The van der Waals surface area contributed by atoms with Gasteiger partial charge in [-0.15, -0.1) is 0 Å². The van der Waals surface area contributed by atoms with E-state index in [0.717, 1.165) is 22.3 Å². The third-order valence-corrected chi connectivity index (χ3v) is 2.30. The van der Waals surface area contributed by atoms with Crippen LogP contribution in [0.1, 0.15) is 21.5 Å². The van der Waals surface area contributed by atoms with Crippen LogP contribution < -0.4 is 0 Å². The molecule has 0 spiro atoms. The van der Waals surface area contributed by atoms with E-state index >= 15 is 0 Å². The van der Waals surface area contributed by atoms with Crippen molar-refractivity contribution in [3.63, 3.8) is 0 Å². The number of benzene rings is 1. The summed E-state index contributed by atoms with van der Waals surface area (Å²) < 4.78 is 0. The third-order valence-electron chi connectivity index (χ3n) is 2.30. The molecule has 0 fully saturated rings. The van der Waals surface area contributed by atoms with E-state index in [1.165, 1.54) is 0 Å². The maximum absolute atomic E-state index is 11.5. The first-order chi connectivity index (χ1) is 6.20. The van der Waals surface area contributed by atoms with Crippen LogP contribution in [0.3, 0.4) is 0 Å². The molecule has 0 saturated carbocycles. The molecule has 0 amide bonds. The van der Waals surface area contributed by atoms with Gasteiger partial charge in [0.25, 0.3) is 0 Å². The van der Waals surface area contributed by atoms with Crippen molar-refractivity contribution >= 4 is 11.4 Å². The average molecular weight is 170 g/mol. The van der Waals surface area contributed by atoms with Crippen LogP contribution in [0, 0.1) is 6.92 Å². The molecule has 1 nitrogen and oxygen atoms in total. The summed E-state index contributed by atoms with van der Waals surface area (Å²) in [5.41, 5.74) is 3.80. The summed E-state index contributed by atoms with van der Waals surface area (Å²) in [7, 11) is 0. The molecule has 0 aromatic heterocycles. The molecule has 0 heterocycles. The number of hydrogen-bond donors (Lipinski definition) is 0. The molecule has 0 aliphatic heterocycles. The summed E-state index contributed by atoms with van der Waals surface area (Å²) in [6.45, 7) is 5.91. The Labute approximate surface area is 77.4 Å². The molecule has 1 heteroatoms. The highest BCUT2D eigenvalue weighted by atomic mass is 16.1. The van der Waals surface area contributed by atoms with Crippen molar-refractivity contribution in [2.24, 2.45) is 0 Å². The number of aryl methyl sites for hydroxylation is 1. The smallest absolute Gasteiger partial charge is 0.186 e. The van der Waals surface area contributed by atoms with Crippen LogP contribution in [-0.2, 0) is 0 Å². The molecular formula is C12H10O. The lowest BCUT2D eigenvalue weighted by Crippen LogP contribution is -2.05. The molecule has 0 radical (unpaired) electrons. The van der Waals surface area contributed by atoms with Gasteiger partial charge in [-0.2, -0.15) is 0 Å². The van der Waals surface area contributed by atoms with E-state index < -0.39 is 0 Å². The molecule has 0 N–H and O–H groups in total. The lowest BCUT2D eigenvalue weighted by molar-refractivity contribution is 0.104. The molecule has 1 aromatic rings. The second-order valence-electron chi connectivity index (χ2n) is 3.22. The van der Waals surface area contributed by atoms with Crippen molar-refractivity contribution in [2.45, 2.75) is 6.92 Å². The molecule has 0 saturated heterocycles. The second kappa shape index (κ2) is 2.70. The maximum Gasteiger partial charge on any atom is 0.186 e. The molecule has 2 rings (SSSR count). The lowest BCUT2D eigenvalue weighted by atomic mass is 9.89. The van der Waals surface area contributed by atoms with Gasteiger partial charge in [0.1, 0.15) is 0 Å². The van der Waals surface area contributed by atoms with Gasteiger partial charge in [-0.25, -0.2) is 0 Å². The van der Waals surface area contributed by atoms with Gasteiger partial charge >= 0.3 is 0 Å². The highest BCUT2D eigenvalue weighted by molar-refractivity contribution is 6.12. The zero-order chi connectivity index (χ0) is 9.42. The van der Waals surface area contributed by atoms with Gasteiger partial charge in [0.05, 0.1) is 0 Å². The van der Waals surface area contributed by atoms with Crippen LogP contribution in [0.5, 0.6) is 0 Å². The van der Waals surface area contributed by atoms with Gasteiger partial charge in [-0.05, 0) is 29.7 Å². The summed E-state index contributed by atoms with van der Waals surface area (Å²) >= 11 is 0. The van der Waals surface area contributed by atoms with E-state index in [1.807, 2.05) is 25.1 Å². The zero-order valence-electron chi connectivity index (χ0n) is 7.50. The topological polar surface area (TPSA) is 17.1 Å². The largest absolute Gasteiger partial charge is 0.289 e. The molecular weight excluding hydrogens is 160 g/mol. The Balaban J connectivity index is 2.76. The van der Waals surface area contributed by atoms with E-state index in [4.69, 9.17) is 0 Å². The van der Waals surface area contributed by atoms with Gasteiger partial charge in [0, 0.05) is 5.56 Å². The minimum Gasteiger partial charge on any atom is -0.289 e. The predicted molar refractivity (Wildman–Crippen MR) is 53.7 cm³/mol. The Morgan fingerprint density at radius 1 is 1.23 bits per heavy atom. The van der Waals surface area contributed by atoms with Crippen molar-refractivity contribution in [3.8, 4) is 0 Å². The number of carbonyl (C=O) groups is 1. The van der Waals surface area contributed by atoms with Crippen LogP contribution in [-0.4, -0.2) is 5.78 Å². The highest BCUT2D eigenvalue weighted by Crippen LogP contribution is 2.27.